The Hall–Kier alpha value is -1.22. The molecule has 0 radical (unpaired) electrons. The van der Waals surface area contributed by atoms with Gasteiger partial charge in [0.2, 0.25) is 0 Å². The van der Waals surface area contributed by atoms with Crippen LogP contribution in [0, 0.1) is 5.41 Å². The molecule has 1 aliphatic heterocycles. The first-order chi connectivity index (χ1) is 9.75. The van der Waals surface area contributed by atoms with Gasteiger partial charge < -0.3 is 15.2 Å². The van der Waals surface area contributed by atoms with Gasteiger partial charge in [0.1, 0.15) is 0 Å². The van der Waals surface area contributed by atoms with Gasteiger partial charge in [-0.2, -0.15) is 0 Å². The van der Waals surface area contributed by atoms with Crippen LogP contribution in [-0.4, -0.2) is 13.2 Å². The zero-order valence-corrected chi connectivity index (χ0v) is 12.4. The van der Waals surface area contributed by atoms with Crippen LogP contribution in [0.25, 0.3) is 0 Å². The summed E-state index contributed by atoms with van der Waals surface area (Å²) in [7, 11) is 0. The van der Waals surface area contributed by atoms with Crippen molar-refractivity contribution in [2.45, 2.75) is 51.5 Å². The highest BCUT2D eigenvalue weighted by Crippen LogP contribution is 2.49. The van der Waals surface area contributed by atoms with Crippen molar-refractivity contribution in [3.63, 3.8) is 0 Å². The molecule has 0 bridgehead atoms. The third-order valence-electron chi connectivity index (χ3n) is 5.09. The first-order valence-corrected chi connectivity index (χ1v) is 7.90. The summed E-state index contributed by atoms with van der Waals surface area (Å²) < 4.78 is 11.5. The molecule has 3 nitrogen and oxygen atoms in total. The maximum Gasteiger partial charge on any atom is 0.161 e. The molecule has 0 spiro atoms. The Kier molecular flexibility index (Phi) is 3.88. The SMILES string of the molecule is CCC1(C(N)c2ccc3c(c2)OCCCO3)CCCC1. The van der Waals surface area contributed by atoms with Gasteiger partial charge in [0.25, 0.3) is 0 Å². The Labute approximate surface area is 121 Å². The topological polar surface area (TPSA) is 44.5 Å². The molecule has 3 heteroatoms. The molecule has 0 aromatic heterocycles. The number of rotatable bonds is 3. The molecule has 110 valence electrons. The molecule has 1 aromatic carbocycles. The van der Waals surface area contributed by atoms with Crippen LogP contribution in [0.3, 0.4) is 0 Å². The Morgan fingerprint density at radius 2 is 1.80 bits per heavy atom. The van der Waals surface area contributed by atoms with Crippen LogP contribution in [0.4, 0.5) is 0 Å². The summed E-state index contributed by atoms with van der Waals surface area (Å²) in [6, 6.07) is 6.34. The number of fused-ring (bicyclic) bond motifs is 1. The van der Waals surface area contributed by atoms with E-state index in [1.807, 2.05) is 6.07 Å². The lowest BCUT2D eigenvalue weighted by atomic mass is 9.74. The maximum atomic E-state index is 6.62. The lowest BCUT2D eigenvalue weighted by Crippen LogP contribution is -2.31. The van der Waals surface area contributed by atoms with Crippen molar-refractivity contribution in [2.75, 3.05) is 13.2 Å². The van der Waals surface area contributed by atoms with E-state index in [0.717, 1.165) is 37.6 Å². The molecular weight excluding hydrogens is 250 g/mol. The van der Waals surface area contributed by atoms with Gasteiger partial charge in [-0.25, -0.2) is 0 Å². The summed E-state index contributed by atoms with van der Waals surface area (Å²) in [6.45, 7) is 3.73. The molecule has 20 heavy (non-hydrogen) atoms. The monoisotopic (exact) mass is 275 g/mol. The second-order valence-electron chi connectivity index (χ2n) is 6.16. The lowest BCUT2D eigenvalue weighted by Gasteiger charge is -2.35. The Morgan fingerprint density at radius 1 is 1.10 bits per heavy atom. The minimum atomic E-state index is 0.104. The Morgan fingerprint density at radius 3 is 2.50 bits per heavy atom. The number of ether oxygens (including phenoxy) is 2. The third-order valence-corrected chi connectivity index (χ3v) is 5.09. The third kappa shape index (κ3) is 2.39. The second kappa shape index (κ2) is 5.65. The van der Waals surface area contributed by atoms with Crippen LogP contribution in [0.2, 0.25) is 0 Å². The minimum Gasteiger partial charge on any atom is -0.490 e. The van der Waals surface area contributed by atoms with Gasteiger partial charge in [0.05, 0.1) is 13.2 Å². The quantitative estimate of drug-likeness (QED) is 0.912. The highest BCUT2D eigenvalue weighted by atomic mass is 16.5. The van der Waals surface area contributed by atoms with Crippen molar-refractivity contribution >= 4 is 0 Å². The molecular formula is C17H25NO2. The van der Waals surface area contributed by atoms with E-state index in [-0.39, 0.29) is 11.5 Å². The first kappa shape index (κ1) is 13.7. The summed E-state index contributed by atoms with van der Waals surface area (Å²) in [6.07, 6.45) is 7.22. The van der Waals surface area contributed by atoms with Crippen LogP contribution in [0.1, 0.15) is 57.1 Å². The van der Waals surface area contributed by atoms with Gasteiger partial charge in [-0.3, -0.25) is 0 Å². The van der Waals surface area contributed by atoms with Crippen LogP contribution < -0.4 is 15.2 Å². The second-order valence-corrected chi connectivity index (χ2v) is 6.16. The number of benzene rings is 1. The van der Waals surface area contributed by atoms with E-state index >= 15 is 0 Å². The summed E-state index contributed by atoms with van der Waals surface area (Å²) in [4.78, 5) is 0. The van der Waals surface area contributed by atoms with Crippen LogP contribution >= 0.6 is 0 Å². The predicted molar refractivity (Wildman–Crippen MR) is 80.2 cm³/mol. The van der Waals surface area contributed by atoms with E-state index in [0.29, 0.717) is 0 Å². The molecule has 3 rings (SSSR count). The zero-order chi connectivity index (χ0) is 14.0. The van der Waals surface area contributed by atoms with Gasteiger partial charge >= 0.3 is 0 Å². The van der Waals surface area contributed by atoms with Crippen LogP contribution in [-0.2, 0) is 0 Å². The van der Waals surface area contributed by atoms with Gasteiger partial charge in [-0.1, -0.05) is 25.8 Å². The largest absolute Gasteiger partial charge is 0.490 e. The van der Waals surface area contributed by atoms with Gasteiger partial charge in [-0.15, -0.1) is 0 Å². The average Bonchev–Trinajstić information content (AvgIpc) is 2.85. The van der Waals surface area contributed by atoms with Crippen molar-refractivity contribution in [2.24, 2.45) is 11.1 Å². The van der Waals surface area contributed by atoms with E-state index in [2.05, 4.69) is 19.1 Å². The van der Waals surface area contributed by atoms with Crippen molar-refractivity contribution in [1.29, 1.82) is 0 Å². The minimum absolute atomic E-state index is 0.104. The molecule has 1 fully saturated rings. The zero-order valence-electron chi connectivity index (χ0n) is 12.4. The van der Waals surface area contributed by atoms with Gasteiger partial charge in [0.15, 0.2) is 11.5 Å². The highest BCUT2D eigenvalue weighted by Gasteiger charge is 2.38. The Bertz CT molecular complexity index is 466. The van der Waals surface area contributed by atoms with E-state index in [1.165, 1.54) is 31.2 Å². The summed E-state index contributed by atoms with van der Waals surface area (Å²) in [5.74, 6) is 1.72. The first-order valence-electron chi connectivity index (χ1n) is 7.90. The fourth-order valence-electron chi connectivity index (χ4n) is 3.69. The Balaban J connectivity index is 1.88. The van der Waals surface area contributed by atoms with Crippen molar-refractivity contribution in [3.05, 3.63) is 23.8 Å². The standard InChI is InChI=1S/C17H25NO2/c1-2-17(8-3-4-9-17)16(18)13-6-7-14-15(12-13)20-11-5-10-19-14/h6-7,12,16H,2-5,8-11,18H2,1H3. The van der Waals surface area contributed by atoms with E-state index < -0.39 is 0 Å². The molecule has 1 unspecified atom stereocenters. The van der Waals surface area contributed by atoms with Crippen molar-refractivity contribution in [1.82, 2.24) is 0 Å². The van der Waals surface area contributed by atoms with Crippen LogP contribution in [0.5, 0.6) is 11.5 Å². The molecule has 1 aromatic rings. The average molecular weight is 275 g/mol. The lowest BCUT2D eigenvalue weighted by molar-refractivity contribution is 0.221. The summed E-state index contributed by atoms with van der Waals surface area (Å²) >= 11 is 0. The molecule has 2 aliphatic rings. The van der Waals surface area contributed by atoms with E-state index in [1.54, 1.807) is 0 Å². The van der Waals surface area contributed by atoms with Gasteiger partial charge in [-0.05, 0) is 42.4 Å². The van der Waals surface area contributed by atoms with E-state index in [4.69, 9.17) is 15.2 Å². The van der Waals surface area contributed by atoms with Crippen LogP contribution in [0.15, 0.2) is 18.2 Å². The summed E-state index contributed by atoms with van der Waals surface area (Å²) in [5.41, 5.74) is 8.09. The number of hydrogen-bond acceptors (Lipinski definition) is 3. The fraction of sp³-hybridized carbons (Fsp3) is 0.647. The molecule has 1 heterocycles. The van der Waals surface area contributed by atoms with Crippen molar-refractivity contribution in [3.8, 4) is 11.5 Å². The molecule has 2 N–H and O–H groups in total. The maximum absolute atomic E-state index is 6.62. The molecule has 0 saturated heterocycles. The number of hydrogen-bond donors (Lipinski definition) is 1. The van der Waals surface area contributed by atoms with Crippen molar-refractivity contribution < 1.29 is 9.47 Å². The summed E-state index contributed by atoms with van der Waals surface area (Å²) in [5, 5.41) is 0. The molecule has 1 aliphatic carbocycles. The normalized spacial score (nSPS) is 22.3. The molecule has 1 saturated carbocycles. The fourth-order valence-corrected chi connectivity index (χ4v) is 3.69. The van der Waals surface area contributed by atoms with E-state index in [9.17, 15) is 0 Å². The molecule has 1 atom stereocenters. The smallest absolute Gasteiger partial charge is 0.161 e. The number of nitrogens with two attached hydrogens (primary N) is 1. The predicted octanol–water partition coefficient (Wildman–Crippen LogP) is 3.82. The highest BCUT2D eigenvalue weighted by molar-refractivity contribution is 5.44. The van der Waals surface area contributed by atoms with Gasteiger partial charge in [0, 0.05) is 12.5 Å². The molecule has 0 amide bonds.